The number of fused-ring (bicyclic) bond motifs is 2. The second-order valence-corrected chi connectivity index (χ2v) is 7.47. The van der Waals surface area contributed by atoms with Crippen molar-refractivity contribution in [1.82, 2.24) is 20.5 Å². The number of amides is 1. The van der Waals surface area contributed by atoms with E-state index in [1.807, 2.05) is 12.1 Å². The van der Waals surface area contributed by atoms with Gasteiger partial charge in [-0.05, 0) is 44.9 Å². The second kappa shape index (κ2) is 9.22. The minimum atomic E-state index is 0. The number of likely N-dealkylation sites (N-methyl/N-ethyl adjacent to an activating group) is 1. The van der Waals surface area contributed by atoms with Gasteiger partial charge in [0, 0.05) is 56.1 Å². The first-order valence-electron chi connectivity index (χ1n) is 9.14. The Morgan fingerprint density at radius 2 is 1.81 bits per heavy atom. The third-order valence-electron chi connectivity index (χ3n) is 5.64. The van der Waals surface area contributed by atoms with Crippen LogP contribution in [0.1, 0.15) is 36.0 Å². The van der Waals surface area contributed by atoms with Gasteiger partial charge in [0.1, 0.15) is 5.82 Å². The Hall–Kier alpha value is -1.08. The van der Waals surface area contributed by atoms with Crippen molar-refractivity contribution >= 4 is 36.5 Å². The molecule has 2 atom stereocenters. The van der Waals surface area contributed by atoms with Gasteiger partial charge in [0.15, 0.2) is 0 Å². The molecule has 6 nitrogen and oxygen atoms in total. The zero-order valence-electron chi connectivity index (χ0n) is 15.2. The number of hydrogen-bond acceptors (Lipinski definition) is 5. The predicted octanol–water partition coefficient (Wildman–Crippen LogP) is 1.69. The number of hydrogen-bond donors (Lipinski definition) is 2. The van der Waals surface area contributed by atoms with Gasteiger partial charge in [0.05, 0.1) is 0 Å². The second-order valence-electron chi connectivity index (χ2n) is 7.47. The van der Waals surface area contributed by atoms with Gasteiger partial charge in [-0.3, -0.25) is 4.79 Å². The number of anilines is 1. The Kier molecular flexibility index (Phi) is 7.52. The quantitative estimate of drug-likeness (QED) is 0.806. The van der Waals surface area contributed by atoms with E-state index in [4.69, 9.17) is 0 Å². The van der Waals surface area contributed by atoms with Gasteiger partial charge >= 0.3 is 0 Å². The Labute approximate surface area is 167 Å². The maximum Gasteiger partial charge on any atom is 0.251 e. The molecule has 146 valence electrons. The molecular weight excluding hydrogens is 373 g/mol. The minimum Gasteiger partial charge on any atom is -0.354 e. The fourth-order valence-corrected chi connectivity index (χ4v) is 4.21. The lowest BCUT2D eigenvalue weighted by Gasteiger charge is -2.33. The van der Waals surface area contributed by atoms with Crippen LogP contribution in [0.2, 0.25) is 0 Å². The number of halogens is 2. The van der Waals surface area contributed by atoms with Crippen LogP contribution >= 0.6 is 24.8 Å². The number of piperidine rings is 1. The standard InChI is InChI=1S/C18H27N5O.2ClH/c1-22-6-8-23(9-7-22)17-10-13(4-5-19-17)18(24)21-16-11-14-2-3-15(12-16)20-14;;/h4-5,10,14-16,20H,2-3,6-9,11-12H2,1H3,(H,21,24);2*1H. The highest BCUT2D eigenvalue weighted by molar-refractivity contribution is 5.95. The molecule has 3 saturated heterocycles. The van der Waals surface area contributed by atoms with Crippen LogP contribution in [0.3, 0.4) is 0 Å². The molecule has 3 aliphatic heterocycles. The van der Waals surface area contributed by atoms with Crippen molar-refractivity contribution in [3.63, 3.8) is 0 Å². The van der Waals surface area contributed by atoms with Crippen molar-refractivity contribution in [3.05, 3.63) is 23.9 Å². The zero-order valence-corrected chi connectivity index (χ0v) is 16.8. The summed E-state index contributed by atoms with van der Waals surface area (Å²) in [6.45, 7) is 4.00. The summed E-state index contributed by atoms with van der Waals surface area (Å²) in [6.07, 6.45) is 6.37. The van der Waals surface area contributed by atoms with Gasteiger partial charge in [-0.25, -0.2) is 4.98 Å². The van der Waals surface area contributed by atoms with Crippen LogP contribution in [0.5, 0.6) is 0 Å². The van der Waals surface area contributed by atoms with E-state index in [0.717, 1.165) is 50.4 Å². The Bertz CT molecular complexity index is 597. The molecule has 26 heavy (non-hydrogen) atoms. The number of carbonyl (C=O) groups excluding carboxylic acids is 1. The molecular formula is C18H29Cl2N5O. The highest BCUT2D eigenvalue weighted by atomic mass is 35.5. The summed E-state index contributed by atoms with van der Waals surface area (Å²) in [5, 5.41) is 6.86. The maximum atomic E-state index is 12.6. The third kappa shape index (κ3) is 4.80. The summed E-state index contributed by atoms with van der Waals surface area (Å²) in [6, 6.07) is 5.25. The third-order valence-corrected chi connectivity index (χ3v) is 5.64. The molecule has 0 saturated carbocycles. The lowest BCUT2D eigenvalue weighted by Crippen LogP contribution is -2.48. The first kappa shape index (κ1) is 21.2. The molecule has 3 fully saturated rings. The number of piperazine rings is 1. The van der Waals surface area contributed by atoms with Crippen LogP contribution in [0.15, 0.2) is 18.3 Å². The van der Waals surface area contributed by atoms with Gasteiger partial charge in [0.25, 0.3) is 5.91 Å². The molecule has 3 aliphatic rings. The van der Waals surface area contributed by atoms with Crippen molar-refractivity contribution in [2.45, 2.75) is 43.8 Å². The summed E-state index contributed by atoms with van der Waals surface area (Å²) in [4.78, 5) is 21.7. The molecule has 0 spiro atoms. The molecule has 2 bridgehead atoms. The molecule has 4 rings (SSSR count). The lowest BCUT2D eigenvalue weighted by atomic mass is 9.99. The normalized spacial score (nSPS) is 28.0. The first-order chi connectivity index (χ1) is 11.7. The molecule has 2 N–H and O–H groups in total. The topological polar surface area (TPSA) is 60.5 Å². The van der Waals surface area contributed by atoms with Crippen molar-refractivity contribution in [1.29, 1.82) is 0 Å². The maximum absolute atomic E-state index is 12.6. The van der Waals surface area contributed by atoms with Gasteiger partial charge in [-0.2, -0.15) is 0 Å². The average Bonchev–Trinajstić information content (AvgIpc) is 2.94. The van der Waals surface area contributed by atoms with E-state index < -0.39 is 0 Å². The van der Waals surface area contributed by atoms with Gasteiger partial charge in [-0.1, -0.05) is 0 Å². The Morgan fingerprint density at radius 1 is 1.15 bits per heavy atom. The van der Waals surface area contributed by atoms with Crippen LogP contribution in [0.25, 0.3) is 0 Å². The van der Waals surface area contributed by atoms with E-state index in [9.17, 15) is 4.79 Å². The number of pyridine rings is 1. The molecule has 1 aromatic rings. The molecule has 0 aromatic carbocycles. The molecule has 0 radical (unpaired) electrons. The highest BCUT2D eigenvalue weighted by Crippen LogP contribution is 2.27. The summed E-state index contributed by atoms with van der Waals surface area (Å²) in [5.41, 5.74) is 0.727. The molecule has 1 amide bonds. The van der Waals surface area contributed by atoms with E-state index in [1.165, 1.54) is 12.8 Å². The van der Waals surface area contributed by atoms with Crippen LogP contribution in [0, 0.1) is 0 Å². The number of nitrogens with zero attached hydrogens (tertiary/aromatic N) is 3. The van der Waals surface area contributed by atoms with Gasteiger partial charge < -0.3 is 20.4 Å². The lowest BCUT2D eigenvalue weighted by molar-refractivity contribution is 0.0924. The van der Waals surface area contributed by atoms with Crippen LogP contribution in [-0.2, 0) is 0 Å². The largest absolute Gasteiger partial charge is 0.354 e. The summed E-state index contributed by atoms with van der Waals surface area (Å²) in [5.74, 6) is 0.959. The number of nitrogens with one attached hydrogen (secondary N) is 2. The first-order valence-corrected chi connectivity index (χ1v) is 9.14. The summed E-state index contributed by atoms with van der Waals surface area (Å²) < 4.78 is 0. The van der Waals surface area contributed by atoms with Gasteiger partial charge in [-0.15, -0.1) is 24.8 Å². The van der Waals surface area contributed by atoms with Crippen molar-refractivity contribution in [2.75, 3.05) is 38.1 Å². The Morgan fingerprint density at radius 3 is 2.46 bits per heavy atom. The van der Waals surface area contributed by atoms with Crippen molar-refractivity contribution in [3.8, 4) is 0 Å². The summed E-state index contributed by atoms with van der Waals surface area (Å²) in [7, 11) is 2.14. The van der Waals surface area contributed by atoms with Crippen molar-refractivity contribution in [2.24, 2.45) is 0 Å². The fraction of sp³-hybridized carbons (Fsp3) is 0.667. The van der Waals surface area contributed by atoms with Crippen LogP contribution in [-0.4, -0.2) is 67.1 Å². The van der Waals surface area contributed by atoms with E-state index in [2.05, 4.69) is 32.5 Å². The highest BCUT2D eigenvalue weighted by Gasteiger charge is 2.34. The number of aromatic nitrogens is 1. The SMILES string of the molecule is CN1CCN(c2cc(C(=O)NC3CC4CCC(C3)N4)ccn2)CC1.Cl.Cl. The predicted molar refractivity (Wildman–Crippen MR) is 109 cm³/mol. The number of rotatable bonds is 3. The average molecular weight is 402 g/mol. The fourth-order valence-electron chi connectivity index (χ4n) is 4.21. The monoisotopic (exact) mass is 401 g/mol. The molecule has 4 heterocycles. The van der Waals surface area contributed by atoms with Crippen LogP contribution in [0.4, 0.5) is 5.82 Å². The molecule has 8 heteroatoms. The molecule has 2 unspecified atom stereocenters. The van der Waals surface area contributed by atoms with E-state index >= 15 is 0 Å². The van der Waals surface area contributed by atoms with Crippen LogP contribution < -0.4 is 15.5 Å². The van der Waals surface area contributed by atoms with E-state index in [0.29, 0.717) is 18.1 Å². The zero-order chi connectivity index (χ0) is 16.5. The smallest absolute Gasteiger partial charge is 0.251 e. The van der Waals surface area contributed by atoms with E-state index in [-0.39, 0.29) is 30.7 Å². The Balaban J connectivity index is 0.00000121. The summed E-state index contributed by atoms with van der Waals surface area (Å²) >= 11 is 0. The van der Waals surface area contributed by atoms with Gasteiger partial charge in [0.2, 0.25) is 0 Å². The minimum absolute atomic E-state index is 0. The number of carbonyl (C=O) groups is 1. The van der Waals surface area contributed by atoms with Crippen molar-refractivity contribution < 1.29 is 4.79 Å². The molecule has 1 aromatic heterocycles. The molecule has 0 aliphatic carbocycles. The van der Waals surface area contributed by atoms with E-state index in [1.54, 1.807) is 6.20 Å².